The van der Waals surface area contributed by atoms with E-state index in [2.05, 4.69) is 111 Å². The molecule has 0 unspecified atom stereocenters. The van der Waals surface area contributed by atoms with Gasteiger partial charge in [-0.3, -0.25) is 0 Å². The number of amides is 2. The third kappa shape index (κ3) is 12.0. The van der Waals surface area contributed by atoms with E-state index in [0.717, 1.165) is 58.2 Å². The first-order valence-electron chi connectivity index (χ1n) is 15.8. The number of hydrogen-bond acceptors (Lipinski definition) is 2. The molecule has 0 spiro atoms. The molecule has 0 bridgehead atoms. The lowest BCUT2D eigenvalue weighted by molar-refractivity contribution is 0.240. The zero-order valence-corrected chi connectivity index (χ0v) is 26.9. The fourth-order valence-electron chi connectivity index (χ4n) is 5.35. The predicted octanol–water partition coefficient (Wildman–Crippen LogP) is 8.12. The lowest BCUT2D eigenvalue weighted by Crippen LogP contribution is -2.66. The molecule has 2 N–H and O–H groups in total. The van der Waals surface area contributed by atoms with Crippen molar-refractivity contribution in [1.29, 1.82) is 0 Å². The molecule has 0 aliphatic heterocycles. The summed E-state index contributed by atoms with van der Waals surface area (Å²) in [5.41, 5.74) is 0. The van der Waals surface area contributed by atoms with Gasteiger partial charge in [-0.05, 0) is 60.4 Å². The molecule has 40 heavy (non-hydrogen) atoms. The Bertz CT molecular complexity index is 901. The smallest absolute Gasteiger partial charge is 0.314 e. The van der Waals surface area contributed by atoms with Crippen molar-refractivity contribution in [2.24, 2.45) is 0 Å². The number of allylic oxidation sites excluding steroid dienone is 2. The molecule has 2 amide bonds. The minimum absolute atomic E-state index is 0.0267. The van der Waals surface area contributed by atoms with Crippen LogP contribution in [0.1, 0.15) is 105 Å². The largest absolute Gasteiger partial charge is 0.407 e. The van der Waals surface area contributed by atoms with Crippen molar-refractivity contribution in [2.75, 3.05) is 19.7 Å². The van der Waals surface area contributed by atoms with Crippen molar-refractivity contribution in [2.45, 2.75) is 110 Å². The number of unbranched alkanes of at least 4 members (excludes halogenated alkanes) is 9. The summed E-state index contributed by atoms with van der Waals surface area (Å²) in [6.45, 7) is 11.6. The summed E-state index contributed by atoms with van der Waals surface area (Å²) < 4.78 is 7.01. The maximum atomic E-state index is 11.7. The molecule has 4 nitrogen and oxygen atoms in total. The van der Waals surface area contributed by atoms with E-state index in [1.54, 1.807) is 0 Å². The van der Waals surface area contributed by atoms with E-state index >= 15 is 0 Å². The fourth-order valence-corrected chi connectivity index (χ4v) is 9.95. The van der Waals surface area contributed by atoms with Crippen LogP contribution in [-0.2, 0) is 4.43 Å². The fraction of sp³-hybridized carbons (Fsp3) is 0.571. The van der Waals surface area contributed by atoms with E-state index in [4.69, 9.17) is 4.43 Å². The van der Waals surface area contributed by atoms with E-state index in [0.29, 0.717) is 0 Å². The van der Waals surface area contributed by atoms with Crippen molar-refractivity contribution < 1.29 is 9.22 Å². The van der Waals surface area contributed by atoms with Gasteiger partial charge in [-0.25, -0.2) is 4.79 Å². The van der Waals surface area contributed by atoms with Gasteiger partial charge in [-0.15, -0.1) is 0 Å². The SMILES string of the molecule is CCCCCNC(=O)NCCCCC=CCCCCCCCO[Si](c1ccccc1)(c1ccccc1)C(C)(C)C. The van der Waals surface area contributed by atoms with Gasteiger partial charge in [0.25, 0.3) is 8.32 Å². The van der Waals surface area contributed by atoms with Crippen LogP contribution in [0, 0.1) is 0 Å². The van der Waals surface area contributed by atoms with Crippen molar-refractivity contribution in [3.63, 3.8) is 0 Å². The van der Waals surface area contributed by atoms with Gasteiger partial charge in [0.15, 0.2) is 0 Å². The highest BCUT2D eigenvalue weighted by atomic mass is 28.4. The first-order chi connectivity index (χ1) is 19.4. The summed E-state index contributed by atoms with van der Waals surface area (Å²) in [5.74, 6) is 0. The molecule has 0 fully saturated rings. The zero-order chi connectivity index (χ0) is 28.9. The average Bonchev–Trinajstić information content (AvgIpc) is 2.95. The molecule has 0 radical (unpaired) electrons. The van der Waals surface area contributed by atoms with Crippen LogP contribution in [0.3, 0.4) is 0 Å². The lowest BCUT2D eigenvalue weighted by atomic mass is 10.1. The van der Waals surface area contributed by atoms with Crippen LogP contribution >= 0.6 is 0 Å². The molecule has 2 aromatic rings. The Morgan fingerprint density at radius 1 is 0.700 bits per heavy atom. The molecular formula is C35H56N2O2Si. The summed E-state index contributed by atoms with van der Waals surface area (Å²) >= 11 is 0. The molecule has 0 atom stereocenters. The summed E-state index contributed by atoms with van der Waals surface area (Å²) in [6.07, 6.45) is 18.6. The van der Waals surface area contributed by atoms with Crippen LogP contribution in [0.15, 0.2) is 72.8 Å². The minimum Gasteiger partial charge on any atom is -0.407 e. The van der Waals surface area contributed by atoms with Crippen molar-refractivity contribution >= 4 is 24.7 Å². The Morgan fingerprint density at radius 2 is 1.18 bits per heavy atom. The summed E-state index contributed by atoms with van der Waals surface area (Å²) in [4.78, 5) is 11.7. The van der Waals surface area contributed by atoms with E-state index in [1.807, 2.05) is 0 Å². The second-order valence-electron chi connectivity index (χ2n) is 11.9. The number of carbonyl (C=O) groups excluding carboxylic acids is 1. The van der Waals surface area contributed by atoms with Crippen molar-refractivity contribution in [3.8, 4) is 0 Å². The molecule has 0 aliphatic carbocycles. The van der Waals surface area contributed by atoms with Crippen LogP contribution in [0.25, 0.3) is 0 Å². The van der Waals surface area contributed by atoms with Gasteiger partial charge in [0.2, 0.25) is 0 Å². The second-order valence-corrected chi connectivity index (χ2v) is 16.2. The standard InChI is InChI=1S/C35H56N2O2Si/c1-5-6-22-29-36-34(38)37-30-23-14-12-10-8-7-9-11-13-15-24-31-39-40(35(2,3)4,32-25-18-16-19-26-32)33-27-20-17-21-28-33/h8,10,16-21,25-28H,5-7,9,11-15,22-24,29-31H2,1-4H3,(H2,36,37,38). The number of hydrogen-bond donors (Lipinski definition) is 2. The molecule has 2 aromatic carbocycles. The van der Waals surface area contributed by atoms with E-state index in [-0.39, 0.29) is 11.1 Å². The highest BCUT2D eigenvalue weighted by Crippen LogP contribution is 2.36. The van der Waals surface area contributed by atoms with E-state index in [9.17, 15) is 4.79 Å². The second kappa shape index (κ2) is 19.7. The third-order valence-corrected chi connectivity index (χ3v) is 12.6. The zero-order valence-electron chi connectivity index (χ0n) is 25.9. The van der Waals surface area contributed by atoms with Crippen molar-refractivity contribution in [3.05, 3.63) is 72.8 Å². The third-order valence-electron chi connectivity index (χ3n) is 7.57. The van der Waals surface area contributed by atoms with Gasteiger partial charge in [0.05, 0.1) is 0 Å². The highest BCUT2D eigenvalue weighted by Gasteiger charge is 2.49. The van der Waals surface area contributed by atoms with Gasteiger partial charge < -0.3 is 15.1 Å². The average molecular weight is 565 g/mol. The Kier molecular flexibility index (Phi) is 16.6. The molecule has 0 saturated heterocycles. The van der Waals surface area contributed by atoms with Gasteiger partial charge in [0.1, 0.15) is 0 Å². The number of nitrogens with one attached hydrogen (secondary N) is 2. The Labute approximate surface area is 246 Å². The van der Waals surface area contributed by atoms with Gasteiger partial charge in [0, 0.05) is 19.7 Å². The molecular weight excluding hydrogens is 508 g/mol. The summed E-state index contributed by atoms with van der Waals surface area (Å²) in [6, 6.07) is 21.8. The van der Waals surface area contributed by atoms with E-state index in [1.165, 1.54) is 48.9 Å². The quantitative estimate of drug-likeness (QED) is 0.0969. The molecule has 0 saturated carbocycles. The predicted molar refractivity (Wildman–Crippen MR) is 175 cm³/mol. The van der Waals surface area contributed by atoms with Crippen LogP contribution in [-0.4, -0.2) is 34.0 Å². The van der Waals surface area contributed by atoms with Crippen LogP contribution < -0.4 is 21.0 Å². The number of urea groups is 1. The van der Waals surface area contributed by atoms with Crippen LogP contribution in [0.2, 0.25) is 5.04 Å². The first-order valence-corrected chi connectivity index (χ1v) is 17.7. The van der Waals surface area contributed by atoms with Gasteiger partial charge >= 0.3 is 6.03 Å². The first kappa shape index (κ1) is 33.8. The Hall–Kier alpha value is -2.37. The highest BCUT2D eigenvalue weighted by molar-refractivity contribution is 6.99. The van der Waals surface area contributed by atoms with Gasteiger partial charge in [-0.1, -0.05) is 133 Å². The molecule has 0 heterocycles. The minimum atomic E-state index is -2.40. The van der Waals surface area contributed by atoms with E-state index < -0.39 is 8.32 Å². The molecule has 0 aromatic heterocycles. The van der Waals surface area contributed by atoms with Gasteiger partial charge in [-0.2, -0.15) is 0 Å². The maximum Gasteiger partial charge on any atom is 0.314 e. The molecule has 2 rings (SSSR count). The Morgan fingerprint density at radius 3 is 1.70 bits per heavy atom. The molecule has 5 heteroatoms. The number of rotatable bonds is 20. The van der Waals surface area contributed by atoms with Crippen LogP contribution in [0.5, 0.6) is 0 Å². The monoisotopic (exact) mass is 564 g/mol. The Balaban J connectivity index is 1.60. The normalized spacial score (nSPS) is 12.1. The van der Waals surface area contributed by atoms with Crippen LogP contribution in [0.4, 0.5) is 4.79 Å². The lowest BCUT2D eigenvalue weighted by Gasteiger charge is -2.43. The number of benzene rings is 2. The molecule has 222 valence electrons. The number of carbonyl (C=O) groups is 1. The summed E-state index contributed by atoms with van der Waals surface area (Å²) in [5, 5.41) is 8.64. The molecule has 0 aliphatic rings. The topological polar surface area (TPSA) is 50.4 Å². The maximum absolute atomic E-state index is 11.7. The summed E-state index contributed by atoms with van der Waals surface area (Å²) in [7, 11) is -2.40. The van der Waals surface area contributed by atoms with Crippen molar-refractivity contribution in [1.82, 2.24) is 10.6 Å².